The molecular weight excluding hydrogens is 1310 g/mol. The third kappa shape index (κ3) is 66.3. The third-order valence-corrected chi connectivity index (χ3v) is 24.0. The van der Waals surface area contributed by atoms with E-state index in [1.165, 1.54) is 436 Å². The molecule has 0 fully saturated rings. The van der Waals surface area contributed by atoms with Crippen LogP contribution >= 0.6 is 0 Å². The first-order valence-electron chi connectivity index (χ1n) is 45.1. The van der Waals surface area contributed by atoms with Crippen molar-refractivity contribution in [3.05, 3.63) is 58.7 Å². The van der Waals surface area contributed by atoms with Crippen LogP contribution in [0.5, 0.6) is 0 Å². The number of unbranched alkanes of at least 4 members (excludes halogenated alkanes) is 68. The Hall–Kier alpha value is -0.480. The molecule has 0 radical (unpaired) electrons. The molecular formula is C92H170CaO6S2. The zero-order valence-corrected chi connectivity index (χ0v) is 72.0. The Kier molecular flexibility index (Phi) is 77.3. The minimum Gasteiger partial charge on any atom is -0.744 e. The van der Waals surface area contributed by atoms with Crippen LogP contribution in [-0.2, 0) is 45.9 Å². The predicted octanol–water partition coefficient (Wildman–Crippen LogP) is 31.1. The minimum absolute atomic E-state index is 0. The van der Waals surface area contributed by atoms with Crippen molar-refractivity contribution < 1.29 is 25.9 Å². The van der Waals surface area contributed by atoms with Crippen LogP contribution in [0.2, 0.25) is 0 Å². The van der Waals surface area contributed by atoms with E-state index in [9.17, 15) is 25.9 Å². The summed E-state index contributed by atoms with van der Waals surface area (Å²) in [4.78, 5) is 0.0637. The second-order valence-corrected chi connectivity index (χ2v) is 34.4. The average Bonchev–Trinajstić information content (AvgIpc) is 0.824. The molecule has 0 spiro atoms. The molecule has 0 saturated heterocycles. The van der Waals surface area contributed by atoms with Gasteiger partial charge in [-0.25, -0.2) is 16.8 Å². The Morgan fingerprint density at radius 3 is 0.465 bits per heavy atom. The van der Waals surface area contributed by atoms with Crippen molar-refractivity contribution in [1.29, 1.82) is 0 Å². The molecule has 9 heteroatoms. The largest absolute Gasteiger partial charge is 2.00 e. The summed E-state index contributed by atoms with van der Waals surface area (Å²) >= 11 is 0. The maximum atomic E-state index is 12.1. The second kappa shape index (κ2) is 77.7. The first kappa shape index (κ1) is 101. The second-order valence-electron chi connectivity index (χ2n) is 31.7. The molecule has 2 aromatic carbocycles. The van der Waals surface area contributed by atoms with Gasteiger partial charge in [-0.05, 0) is 85.8 Å². The zero-order chi connectivity index (χ0) is 72.4. The van der Waals surface area contributed by atoms with Crippen LogP contribution in [-0.4, -0.2) is 63.7 Å². The van der Waals surface area contributed by atoms with Gasteiger partial charge in [0.2, 0.25) is 0 Å². The van der Waals surface area contributed by atoms with E-state index < -0.39 is 20.2 Å². The Morgan fingerprint density at radius 1 is 0.198 bits per heavy atom. The Labute approximate surface area is 662 Å². The van der Waals surface area contributed by atoms with Crippen molar-refractivity contribution in [2.24, 2.45) is 0 Å². The van der Waals surface area contributed by atoms with Crippen LogP contribution in [0.4, 0.5) is 0 Å². The molecule has 0 bridgehead atoms. The molecule has 0 saturated carbocycles. The van der Waals surface area contributed by atoms with E-state index in [1.807, 2.05) is 0 Å². The van der Waals surface area contributed by atoms with E-state index in [1.54, 1.807) is 12.1 Å². The van der Waals surface area contributed by atoms with Crippen LogP contribution in [0.25, 0.3) is 0 Å². The summed E-state index contributed by atoms with van der Waals surface area (Å²) in [5, 5.41) is 0. The normalized spacial score (nSPS) is 11.8. The van der Waals surface area contributed by atoms with Gasteiger partial charge < -0.3 is 9.11 Å². The van der Waals surface area contributed by atoms with Gasteiger partial charge >= 0.3 is 37.7 Å². The van der Waals surface area contributed by atoms with Crippen LogP contribution in [0.15, 0.2) is 46.2 Å². The molecule has 0 unspecified atom stereocenters. The van der Waals surface area contributed by atoms with Crippen LogP contribution in [0.1, 0.15) is 512 Å². The summed E-state index contributed by atoms with van der Waals surface area (Å²) < 4.78 is 72.5. The summed E-state index contributed by atoms with van der Waals surface area (Å²) in [5.74, 6) is 0. The van der Waals surface area contributed by atoms with Crippen LogP contribution < -0.4 is 0 Å². The van der Waals surface area contributed by atoms with Gasteiger partial charge in [-0.3, -0.25) is 0 Å². The summed E-state index contributed by atoms with van der Waals surface area (Å²) in [7, 11) is -8.89. The summed E-state index contributed by atoms with van der Waals surface area (Å²) in [5.41, 5.74) is 3.80. The molecule has 6 nitrogen and oxygen atoms in total. The van der Waals surface area contributed by atoms with Gasteiger partial charge in [-0.1, -0.05) is 489 Å². The fraction of sp³-hybridized carbons (Fsp3) is 0.870. The van der Waals surface area contributed by atoms with Crippen molar-refractivity contribution in [3.8, 4) is 0 Å². The van der Waals surface area contributed by atoms with Crippen LogP contribution in [0, 0.1) is 0 Å². The molecule has 0 aliphatic heterocycles. The van der Waals surface area contributed by atoms with Gasteiger partial charge in [0.1, 0.15) is 20.2 Å². The molecule has 2 aromatic rings. The fourth-order valence-corrected chi connectivity index (χ4v) is 17.1. The monoisotopic (exact) mass is 1480 g/mol. The molecule has 2 rings (SSSR count). The van der Waals surface area contributed by atoms with Crippen molar-refractivity contribution >= 4 is 58.0 Å². The third-order valence-electron chi connectivity index (χ3n) is 22.2. The number of aryl methyl sites for hydroxylation is 2. The topological polar surface area (TPSA) is 114 Å². The smallest absolute Gasteiger partial charge is 0.744 e. The van der Waals surface area contributed by atoms with E-state index >= 15 is 0 Å². The summed E-state index contributed by atoms with van der Waals surface area (Å²) in [6.07, 6.45) is 100. The molecule has 101 heavy (non-hydrogen) atoms. The number of benzene rings is 2. The van der Waals surface area contributed by atoms with E-state index in [-0.39, 0.29) is 47.5 Å². The van der Waals surface area contributed by atoms with Gasteiger partial charge in [0.05, 0.1) is 9.79 Å². The first-order valence-corrected chi connectivity index (χ1v) is 48.0. The number of hydrogen-bond acceptors (Lipinski definition) is 6. The van der Waals surface area contributed by atoms with Crippen molar-refractivity contribution in [2.45, 2.75) is 525 Å². The fourth-order valence-electron chi connectivity index (χ4n) is 15.6. The van der Waals surface area contributed by atoms with Gasteiger partial charge in [-0.15, -0.1) is 0 Å². The standard InChI is InChI=1S/2C46H86O3S.Ca/c2*1-3-5-7-9-11-13-15-17-19-21-23-25-27-29-31-33-35-37-40-44-41-39-43-46(50(47,48)49)45(44)42-38-36-34-32-30-28-26-24-22-20-18-16-14-12-10-8-6-4-2;/h2*39,41,43H,3-38,40,42H2,1-2H3,(H,47,48,49);/q;;+2/p-2. The van der Waals surface area contributed by atoms with Crippen molar-refractivity contribution in [2.75, 3.05) is 0 Å². The molecule has 0 N–H and O–H groups in total. The quantitative estimate of drug-likeness (QED) is 0.0370. The maximum Gasteiger partial charge on any atom is 2.00 e. The molecule has 0 aliphatic rings. The molecule has 0 amide bonds. The average molecular weight is 1480 g/mol. The van der Waals surface area contributed by atoms with Crippen LogP contribution in [0.3, 0.4) is 0 Å². The number of hydrogen-bond donors (Lipinski definition) is 0. The van der Waals surface area contributed by atoms with Crippen molar-refractivity contribution in [1.82, 2.24) is 0 Å². The number of rotatable bonds is 78. The summed E-state index contributed by atoms with van der Waals surface area (Å²) in [6, 6.07) is 10.7. The molecule has 0 atom stereocenters. The first-order chi connectivity index (χ1) is 49.0. The molecule has 588 valence electrons. The predicted molar refractivity (Wildman–Crippen MR) is 445 cm³/mol. The van der Waals surface area contributed by atoms with Gasteiger partial charge in [0.25, 0.3) is 0 Å². The Bertz CT molecular complexity index is 2080. The minimum atomic E-state index is -4.44. The molecule has 0 aromatic heterocycles. The van der Waals surface area contributed by atoms with E-state index in [2.05, 4.69) is 39.8 Å². The molecule has 0 aliphatic carbocycles. The maximum absolute atomic E-state index is 12.1. The Morgan fingerprint density at radius 2 is 0.327 bits per heavy atom. The van der Waals surface area contributed by atoms with Gasteiger partial charge in [-0.2, -0.15) is 0 Å². The SMILES string of the molecule is CCCCCCCCCCCCCCCCCCCCc1cccc(S(=O)(=O)[O-])c1CCCCCCCCCCCCCCCCCCCC.CCCCCCCCCCCCCCCCCCCCc1cccc(S(=O)(=O)[O-])c1CCCCCCCCCCCCCCCCCCCC.[Ca+2]. The molecule has 0 heterocycles. The van der Waals surface area contributed by atoms with Gasteiger partial charge in [0.15, 0.2) is 0 Å². The Balaban J connectivity index is 0.00000196. The summed E-state index contributed by atoms with van der Waals surface area (Å²) in [6.45, 7) is 9.15. The van der Waals surface area contributed by atoms with Gasteiger partial charge in [0, 0.05) is 0 Å². The van der Waals surface area contributed by atoms with E-state index in [0.29, 0.717) is 12.8 Å². The van der Waals surface area contributed by atoms with Crippen molar-refractivity contribution in [3.63, 3.8) is 0 Å². The zero-order valence-electron chi connectivity index (χ0n) is 68.2. The van der Waals surface area contributed by atoms with E-state index in [4.69, 9.17) is 0 Å². The van der Waals surface area contributed by atoms with E-state index in [0.717, 1.165) is 73.6 Å².